The minimum Gasteiger partial charge on any atom is -0.443 e. The summed E-state index contributed by atoms with van der Waals surface area (Å²) in [7, 11) is 0. The van der Waals surface area contributed by atoms with Crippen LogP contribution in [0.5, 0.6) is 0 Å². The van der Waals surface area contributed by atoms with Crippen molar-refractivity contribution in [3.05, 3.63) is 69.5 Å². The number of pyridine rings is 1. The van der Waals surface area contributed by atoms with E-state index in [9.17, 15) is 10.1 Å². The van der Waals surface area contributed by atoms with E-state index in [1.807, 2.05) is 36.6 Å². The zero-order chi connectivity index (χ0) is 18.1. The van der Waals surface area contributed by atoms with Gasteiger partial charge in [0.25, 0.3) is 5.69 Å². The second-order valence-electron chi connectivity index (χ2n) is 5.72. The first kappa shape index (κ1) is 16.2. The summed E-state index contributed by atoms with van der Waals surface area (Å²) in [6.07, 6.45) is 1.61. The van der Waals surface area contributed by atoms with Gasteiger partial charge in [-0.3, -0.25) is 10.1 Å². The van der Waals surface area contributed by atoms with Gasteiger partial charge in [-0.1, -0.05) is 18.2 Å². The molecule has 0 radical (unpaired) electrons. The summed E-state index contributed by atoms with van der Waals surface area (Å²) >= 11 is 1.56. The molecule has 0 bridgehead atoms. The third kappa shape index (κ3) is 3.02. The molecule has 8 heteroatoms. The predicted molar refractivity (Wildman–Crippen MR) is 100 cm³/mol. The Hall–Kier alpha value is -3.26. The fraction of sp³-hybridized carbons (Fsp3) is 0.111. The lowest BCUT2D eigenvalue weighted by atomic mass is 10.1. The van der Waals surface area contributed by atoms with Gasteiger partial charge in [0.15, 0.2) is 5.52 Å². The van der Waals surface area contributed by atoms with E-state index in [0.29, 0.717) is 29.0 Å². The molecule has 0 atom stereocenters. The van der Waals surface area contributed by atoms with E-state index in [-0.39, 0.29) is 5.69 Å². The Balaban J connectivity index is 1.63. The predicted octanol–water partition coefficient (Wildman–Crippen LogP) is 4.78. The number of rotatable bonds is 5. The number of nitrogens with one attached hydrogen (secondary N) is 1. The minimum atomic E-state index is -0.413. The maximum absolute atomic E-state index is 11.3. The van der Waals surface area contributed by atoms with Gasteiger partial charge in [-0.2, -0.15) is 0 Å². The van der Waals surface area contributed by atoms with Crippen LogP contribution in [0.1, 0.15) is 11.4 Å². The molecule has 0 fully saturated rings. The van der Waals surface area contributed by atoms with Crippen LogP contribution in [-0.2, 0) is 6.54 Å². The number of nitro benzene ring substituents is 1. The second-order valence-corrected chi connectivity index (χ2v) is 6.66. The molecule has 4 aromatic rings. The van der Waals surface area contributed by atoms with Gasteiger partial charge in [-0.05, 0) is 24.4 Å². The Labute approximate surface area is 152 Å². The SMILES string of the molecule is Cc1cc(NCc2coc(-c3cccs3)n2)c2cccc([N+](=O)[O-])c2n1. The minimum absolute atomic E-state index is 0.00401. The molecule has 0 aliphatic rings. The summed E-state index contributed by atoms with van der Waals surface area (Å²) in [6, 6.07) is 10.7. The number of anilines is 1. The van der Waals surface area contributed by atoms with Crippen molar-refractivity contribution in [3.8, 4) is 10.8 Å². The average Bonchev–Trinajstić information content (AvgIpc) is 3.30. The molecule has 26 heavy (non-hydrogen) atoms. The van der Waals surface area contributed by atoms with Gasteiger partial charge in [0.2, 0.25) is 5.89 Å². The molecule has 3 heterocycles. The molecule has 1 N–H and O–H groups in total. The molecule has 0 spiro atoms. The fourth-order valence-corrected chi connectivity index (χ4v) is 3.40. The summed E-state index contributed by atoms with van der Waals surface area (Å²) < 4.78 is 5.52. The van der Waals surface area contributed by atoms with E-state index >= 15 is 0 Å². The van der Waals surface area contributed by atoms with Crippen LogP contribution in [0.2, 0.25) is 0 Å². The van der Waals surface area contributed by atoms with Crippen LogP contribution in [-0.4, -0.2) is 14.9 Å². The number of para-hydroxylation sites is 1. The Bertz CT molecular complexity index is 1090. The second kappa shape index (κ2) is 6.57. The number of non-ortho nitro benzene ring substituents is 1. The van der Waals surface area contributed by atoms with E-state index in [1.165, 1.54) is 6.07 Å². The fourth-order valence-electron chi connectivity index (χ4n) is 2.74. The van der Waals surface area contributed by atoms with Crippen LogP contribution in [0.3, 0.4) is 0 Å². The van der Waals surface area contributed by atoms with Crippen molar-refractivity contribution in [2.75, 3.05) is 5.32 Å². The number of hydrogen-bond donors (Lipinski definition) is 1. The summed E-state index contributed by atoms with van der Waals surface area (Å²) in [5.74, 6) is 0.586. The lowest BCUT2D eigenvalue weighted by Crippen LogP contribution is -2.02. The number of aromatic nitrogens is 2. The van der Waals surface area contributed by atoms with Gasteiger partial charge in [0, 0.05) is 22.8 Å². The average molecular weight is 366 g/mol. The molecule has 0 saturated carbocycles. The van der Waals surface area contributed by atoms with Crippen molar-refractivity contribution in [1.29, 1.82) is 0 Å². The van der Waals surface area contributed by atoms with Crippen LogP contribution >= 0.6 is 11.3 Å². The van der Waals surface area contributed by atoms with Crippen molar-refractivity contribution in [3.63, 3.8) is 0 Å². The maximum atomic E-state index is 11.3. The van der Waals surface area contributed by atoms with Gasteiger partial charge in [-0.15, -0.1) is 11.3 Å². The highest BCUT2D eigenvalue weighted by Gasteiger charge is 2.16. The van der Waals surface area contributed by atoms with Gasteiger partial charge in [0.05, 0.1) is 22.0 Å². The van der Waals surface area contributed by atoms with Crippen molar-refractivity contribution >= 4 is 33.6 Å². The monoisotopic (exact) mass is 366 g/mol. The van der Waals surface area contributed by atoms with Crippen molar-refractivity contribution in [2.45, 2.75) is 13.5 Å². The molecular formula is C18H14N4O3S. The highest BCUT2D eigenvalue weighted by Crippen LogP contribution is 2.30. The van der Waals surface area contributed by atoms with E-state index in [1.54, 1.807) is 23.7 Å². The largest absolute Gasteiger partial charge is 0.443 e. The zero-order valence-electron chi connectivity index (χ0n) is 13.8. The first-order valence-electron chi connectivity index (χ1n) is 7.89. The molecule has 4 rings (SSSR count). The molecular weight excluding hydrogens is 352 g/mol. The van der Waals surface area contributed by atoms with Gasteiger partial charge < -0.3 is 9.73 Å². The van der Waals surface area contributed by atoms with Gasteiger partial charge >= 0.3 is 0 Å². The maximum Gasteiger partial charge on any atom is 0.295 e. The first-order valence-corrected chi connectivity index (χ1v) is 8.76. The molecule has 3 aromatic heterocycles. The first-order chi connectivity index (χ1) is 12.6. The van der Waals surface area contributed by atoms with Crippen LogP contribution in [0, 0.1) is 17.0 Å². The van der Waals surface area contributed by atoms with Crippen molar-refractivity contribution in [2.24, 2.45) is 0 Å². The molecule has 0 saturated heterocycles. The normalized spacial score (nSPS) is 11.0. The summed E-state index contributed by atoms with van der Waals surface area (Å²) in [4.78, 5) is 20.6. The zero-order valence-corrected chi connectivity index (χ0v) is 14.6. The third-order valence-corrected chi connectivity index (χ3v) is 4.74. The van der Waals surface area contributed by atoms with Crippen LogP contribution in [0.15, 0.2) is 52.5 Å². The molecule has 0 amide bonds. The van der Waals surface area contributed by atoms with Gasteiger partial charge in [0.1, 0.15) is 6.26 Å². The molecule has 0 unspecified atom stereocenters. The molecule has 7 nitrogen and oxygen atoms in total. The number of nitrogens with zero attached hydrogens (tertiary/aromatic N) is 3. The number of fused-ring (bicyclic) bond motifs is 1. The van der Waals surface area contributed by atoms with E-state index < -0.39 is 4.92 Å². The lowest BCUT2D eigenvalue weighted by molar-refractivity contribution is -0.383. The standard InChI is InChI=1S/C18H14N4O3S/c1-11-8-14(13-4-2-5-15(22(23)24)17(13)20-11)19-9-12-10-25-18(21-12)16-6-3-7-26-16/h2-8,10H,9H2,1H3,(H,19,20). The number of nitro groups is 1. The van der Waals surface area contributed by atoms with E-state index in [4.69, 9.17) is 4.42 Å². The summed E-state index contributed by atoms with van der Waals surface area (Å²) in [6.45, 7) is 2.25. The Morgan fingerprint density at radius 1 is 1.27 bits per heavy atom. The molecule has 130 valence electrons. The van der Waals surface area contributed by atoms with Crippen LogP contribution in [0.4, 0.5) is 11.4 Å². The Kier molecular flexibility index (Phi) is 4.10. The number of thiophene rings is 1. The van der Waals surface area contributed by atoms with Gasteiger partial charge in [-0.25, -0.2) is 9.97 Å². The quantitative estimate of drug-likeness (QED) is 0.403. The molecule has 1 aromatic carbocycles. The van der Waals surface area contributed by atoms with Crippen molar-refractivity contribution in [1.82, 2.24) is 9.97 Å². The number of aryl methyl sites for hydroxylation is 1. The summed E-state index contributed by atoms with van der Waals surface area (Å²) in [5, 5.41) is 17.2. The highest BCUT2D eigenvalue weighted by atomic mass is 32.1. The smallest absolute Gasteiger partial charge is 0.295 e. The number of oxazole rings is 1. The molecule has 0 aliphatic carbocycles. The topological polar surface area (TPSA) is 94.1 Å². The number of hydrogen-bond acceptors (Lipinski definition) is 7. The third-order valence-electron chi connectivity index (χ3n) is 3.89. The summed E-state index contributed by atoms with van der Waals surface area (Å²) in [5.41, 5.74) is 2.60. The Morgan fingerprint density at radius 2 is 2.15 bits per heavy atom. The van der Waals surface area contributed by atoms with Crippen LogP contribution in [0.25, 0.3) is 21.7 Å². The molecule has 0 aliphatic heterocycles. The Morgan fingerprint density at radius 3 is 2.92 bits per heavy atom. The van der Waals surface area contributed by atoms with E-state index in [0.717, 1.165) is 16.3 Å². The number of benzene rings is 1. The van der Waals surface area contributed by atoms with Crippen LogP contribution < -0.4 is 5.32 Å². The lowest BCUT2D eigenvalue weighted by Gasteiger charge is -2.09. The van der Waals surface area contributed by atoms with E-state index in [2.05, 4.69) is 15.3 Å². The van der Waals surface area contributed by atoms with Crippen molar-refractivity contribution < 1.29 is 9.34 Å². The highest BCUT2D eigenvalue weighted by molar-refractivity contribution is 7.13.